The van der Waals surface area contributed by atoms with Gasteiger partial charge in [0.05, 0.1) is 11.3 Å². The van der Waals surface area contributed by atoms with Crippen LogP contribution in [-0.4, -0.2) is 31.7 Å². The maximum atomic E-state index is 13.0. The number of para-hydroxylation sites is 3. The lowest BCUT2D eigenvalue weighted by atomic mass is 10.1. The fourth-order valence-corrected chi connectivity index (χ4v) is 3.19. The Balaban J connectivity index is 1.28. The molecule has 1 amide bonds. The van der Waals surface area contributed by atoms with E-state index in [2.05, 4.69) is 10.6 Å². The van der Waals surface area contributed by atoms with Crippen LogP contribution >= 0.6 is 0 Å². The third-order valence-corrected chi connectivity index (χ3v) is 4.70. The minimum Gasteiger partial charge on any atom is -0.486 e. The molecule has 1 aliphatic rings. The van der Waals surface area contributed by atoms with Crippen LogP contribution in [0.2, 0.25) is 0 Å². The van der Waals surface area contributed by atoms with Gasteiger partial charge in [0.1, 0.15) is 12.7 Å². The van der Waals surface area contributed by atoms with Crippen molar-refractivity contribution in [1.82, 2.24) is 5.32 Å². The zero-order valence-electron chi connectivity index (χ0n) is 16.5. The fraction of sp³-hybridized carbons (Fsp3) is 0.409. The maximum Gasteiger partial charge on any atom is 0.418 e. The molecule has 0 saturated carbocycles. The van der Waals surface area contributed by atoms with Crippen LogP contribution in [0.4, 0.5) is 18.9 Å². The number of hydrogen-bond acceptors (Lipinski definition) is 4. The molecule has 1 atom stereocenters. The Labute approximate surface area is 173 Å². The van der Waals surface area contributed by atoms with Crippen molar-refractivity contribution in [3.8, 4) is 11.5 Å². The van der Waals surface area contributed by atoms with E-state index in [-0.39, 0.29) is 18.2 Å². The maximum absolute atomic E-state index is 13.0. The van der Waals surface area contributed by atoms with E-state index in [4.69, 9.17) is 9.47 Å². The Morgan fingerprint density at radius 1 is 1.00 bits per heavy atom. The van der Waals surface area contributed by atoms with Crippen molar-refractivity contribution in [2.75, 3.05) is 25.0 Å². The topological polar surface area (TPSA) is 59.6 Å². The lowest BCUT2D eigenvalue weighted by Crippen LogP contribution is -2.38. The summed E-state index contributed by atoms with van der Waals surface area (Å²) in [5.41, 5.74) is -1.04. The summed E-state index contributed by atoms with van der Waals surface area (Å²) in [7, 11) is 0. The predicted molar refractivity (Wildman–Crippen MR) is 108 cm³/mol. The molecule has 0 bridgehead atoms. The Kier molecular flexibility index (Phi) is 7.57. The van der Waals surface area contributed by atoms with Gasteiger partial charge in [-0.2, -0.15) is 13.2 Å². The number of amides is 1. The highest BCUT2D eigenvalue weighted by Gasteiger charge is 2.33. The number of ether oxygens (including phenoxy) is 2. The molecule has 2 aromatic rings. The summed E-state index contributed by atoms with van der Waals surface area (Å²) < 4.78 is 50.4. The second kappa shape index (κ2) is 10.3. The van der Waals surface area contributed by atoms with E-state index in [1.807, 2.05) is 24.3 Å². The number of rotatable bonds is 9. The van der Waals surface area contributed by atoms with Crippen LogP contribution in [0.25, 0.3) is 0 Å². The number of anilines is 1. The average molecular weight is 422 g/mol. The van der Waals surface area contributed by atoms with Crippen molar-refractivity contribution < 1.29 is 27.4 Å². The van der Waals surface area contributed by atoms with Crippen LogP contribution in [-0.2, 0) is 11.0 Å². The number of halogens is 3. The summed E-state index contributed by atoms with van der Waals surface area (Å²) in [6.45, 7) is 1.91. The van der Waals surface area contributed by atoms with Crippen LogP contribution in [0.15, 0.2) is 48.5 Å². The van der Waals surface area contributed by atoms with Gasteiger partial charge >= 0.3 is 6.18 Å². The van der Waals surface area contributed by atoms with Crippen LogP contribution in [0.3, 0.4) is 0 Å². The minimum atomic E-state index is -4.50. The standard InChI is InChI=1S/C22H25F3N2O3/c23-22(24,25)17-8-3-4-9-18(17)27-21(28)12-2-1-7-13-26-14-16-15-29-19-10-5-6-11-20(19)30-16/h3-6,8-11,16,26H,1-2,7,12-15H2,(H,27,28). The number of carbonyl (C=O) groups is 1. The van der Waals surface area contributed by atoms with Crippen molar-refractivity contribution in [2.45, 2.75) is 38.0 Å². The number of benzene rings is 2. The molecule has 1 heterocycles. The van der Waals surface area contributed by atoms with Crippen LogP contribution < -0.4 is 20.1 Å². The Hall–Kier alpha value is -2.74. The molecule has 162 valence electrons. The minimum absolute atomic E-state index is 0.0561. The molecule has 0 spiro atoms. The van der Waals surface area contributed by atoms with E-state index < -0.39 is 17.6 Å². The van der Waals surface area contributed by atoms with Gasteiger partial charge in [0.2, 0.25) is 5.91 Å². The smallest absolute Gasteiger partial charge is 0.418 e. The van der Waals surface area contributed by atoms with Gasteiger partial charge in [0.25, 0.3) is 0 Å². The van der Waals surface area contributed by atoms with Gasteiger partial charge in [-0.3, -0.25) is 4.79 Å². The lowest BCUT2D eigenvalue weighted by Gasteiger charge is -2.26. The van der Waals surface area contributed by atoms with Gasteiger partial charge in [0.15, 0.2) is 11.5 Å². The van der Waals surface area contributed by atoms with E-state index in [1.165, 1.54) is 18.2 Å². The summed E-state index contributed by atoms with van der Waals surface area (Å²) >= 11 is 0. The highest BCUT2D eigenvalue weighted by Crippen LogP contribution is 2.34. The first kappa shape index (κ1) is 22.0. The van der Waals surface area contributed by atoms with Crippen molar-refractivity contribution >= 4 is 11.6 Å². The first-order valence-electron chi connectivity index (χ1n) is 9.99. The summed E-state index contributed by atoms with van der Waals surface area (Å²) in [6.07, 6.45) is -2.10. The molecule has 2 N–H and O–H groups in total. The molecule has 2 aromatic carbocycles. The zero-order chi connectivity index (χ0) is 21.4. The normalized spacial score (nSPS) is 15.6. The molecule has 0 fully saturated rings. The molecule has 1 aliphatic heterocycles. The number of unbranched alkanes of at least 4 members (excludes halogenated alkanes) is 2. The van der Waals surface area contributed by atoms with Crippen molar-refractivity contribution in [1.29, 1.82) is 0 Å². The molecular formula is C22H25F3N2O3. The van der Waals surface area contributed by atoms with Crippen LogP contribution in [0.5, 0.6) is 11.5 Å². The molecule has 3 rings (SSSR count). The Bertz CT molecular complexity index is 842. The van der Waals surface area contributed by atoms with E-state index in [0.717, 1.165) is 37.0 Å². The lowest BCUT2D eigenvalue weighted by molar-refractivity contribution is -0.137. The fourth-order valence-electron chi connectivity index (χ4n) is 3.19. The summed E-state index contributed by atoms with van der Waals surface area (Å²) in [4.78, 5) is 12.0. The molecule has 1 unspecified atom stereocenters. The van der Waals surface area contributed by atoms with Crippen molar-refractivity contribution in [3.63, 3.8) is 0 Å². The molecule has 0 radical (unpaired) electrons. The van der Waals surface area contributed by atoms with Gasteiger partial charge in [-0.15, -0.1) is 0 Å². The Morgan fingerprint density at radius 3 is 2.53 bits per heavy atom. The molecule has 0 saturated heterocycles. The van der Waals surface area contributed by atoms with E-state index in [9.17, 15) is 18.0 Å². The molecule has 8 heteroatoms. The molecule has 0 aliphatic carbocycles. The Morgan fingerprint density at radius 2 is 1.73 bits per heavy atom. The third-order valence-electron chi connectivity index (χ3n) is 4.70. The van der Waals surface area contributed by atoms with E-state index in [0.29, 0.717) is 19.6 Å². The third kappa shape index (κ3) is 6.38. The molecule has 5 nitrogen and oxygen atoms in total. The summed E-state index contributed by atoms with van der Waals surface area (Å²) in [5, 5.41) is 5.67. The SMILES string of the molecule is O=C(CCCCCNCC1COc2ccccc2O1)Nc1ccccc1C(F)(F)F. The van der Waals surface area contributed by atoms with Crippen LogP contribution in [0.1, 0.15) is 31.2 Å². The largest absolute Gasteiger partial charge is 0.486 e. The molecular weight excluding hydrogens is 397 g/mol. The number of carbonyl (C=O) groups excluding carboxylic acids is 1. The quantitative estimate of drug-likeness (QED) is 0.579. The molecule has 0 aromatic heterocycles. The second-order valence-electron chi connectivity index (χ2n) is 7.10. The first-order chi connectivity index (χ1) is 14.4. The molecule has 30 heavy (non-hydrogen) atoms. The van der Waals surface area contributed by atoms with Gasteiger partial charge < -0.3 is 20.1 Å². The van der Waals surface area contributed by atoms with E-state index >= 15 is 0 Å². The number of hydrogen-bond donors (Lipinski definition) is 2. The number of alkyl halides is 3. The predicted octanol–water partition coefficient (Wildman–Crippen LogP) is 4.63. The number of fused-ring (bicyclic) bond motifs is 1. The first-order valence-corrected chi connectivity index (χ1v) is 9.99. The van der Waals surface area contributed by atoms with Crippen LogP contribution in [0, 0.1) is 0 Å². The number of nitrogens with one attached hydrogen (secondary N) is 2. The highest BCUT2D eigenvalue weighted by molar-refractivity contribution is 5.91. The zero-order valence-corrected chi connectivity index (χ0v) is 16.5. The average Bonchev–Trinajstić information content (AvgIpc) is 2.72. The van der Waals surface area contributed by atoms with Gasteiger partial charge in [-0.05, 0) is 43.7 Å². The van der Waals surface area contributed by atoms with Gasteiger partial charge in [-0.25, -0.2) is 0 Å². The second-order valence-corrected chi connectivity index (χ2v) is 7.10. The monoisotopic (exact) mass is 422 g/mol. The summed E-state index contributed by atoms with van der Waals surface area (Å²) in [5.74, 6) is 1.09. The highest BCUT2D eigenvalue weighted by atomic mass is 19.4. The summed E-state index contributed by atoms with van der Waals surface area (Å²) in [6, 6.07) is 12.5. The van der Waals surface area contributed by atoms with Gasteiger partial charge in [-0.1, -0.05) is 30.7 Å². The van der Waals surface area contributed by atoms with Gasteiger partial charge in [0, 0.05) is 13.0 Å². The van der Waals surface area contributed by atoms with Crippen molar-refractivity contribution in [2.24, 2.45) is 0 Å². The van der Waals surface area contributed by atoms with Crippen molar-refractivity contribution in [3.05, 3.63) is 54.1 Å². The van der Waals surface area contributed by atoms with E-state index in [1.54, 1.807) is 0 Å².